The van der Waals surface area contributed by atoms with Gasteiger partial charge in [0.05, 0.1) is 5.56 Å². The lowest BCUT2D eigenvalue weighted by molar-refractivity contribution is -0.137. The normalized spacial score (nSPS) is 14.8. The zero-order valence-corrected chi connectivity index (χ0v) is 22.6. The molecule has 4 aromatic rings. The van der Waals surface area contributed by atoms with Crippen LogP contribution in [0.15, 0.2) is 48.8 Å². The van der Waals surface area contributed by atoms with Gasteiger partial charge in [-0.1, -0.05) is 19.1 Å². The minimum Gasteiger partial charge on any atom is -0.369 e. The average Bonchev–Trinajstić information content (AvgIpc) is 3.32. The van der Waals surface area contributed by atoms with Crippen LogP contribution in [-0.2, 0) is 12.6 Å². The molecular weight excluding hydrogens is 503 g/mol. The van der Waals surface area contributed by atoms with Crippen LogP contribution in [-0.4, -0.2) is 63.7 Å². The van der Waals surface area contributed by atoms with Crippen molar-refractivity contribution in [3.8, 4) is 5.69 Å². The van der Waals surface area contributed by atoms with Crippen LogP contribution in [0.4, 0.5) is 24.7 Å². The molecule has 1 aliphatic heterocycles. The molecule has 0 bridgehead atoms. The molecule has 0 aliphatic carbocycles. The van der Waals surface area contributed by atoms with Crippen LogP contribution in [0.5, 0.6) is 0 Å². The number of alkyl halides is 3. The van der Waals surface area contributed by atoms with E-state index in [-0.39, 0.29) is 0 Å². The standard InChI is InChI=1S/C29H34F3N7/c1-4-25-36-26-27(34-19-35-28(26)39(25)23-11-9-22(10-12-23)29(30,31)32)33-13-6-14-37-15-17-38(18-16-37)24-8-5-7-20(2)21(24)3/h5,7-12,19H,4,6,13-18H2,1-3H3,(H,33,34,35). The van der Waals surface area contributed by atoms with Crippen molar-refractivity contribution in [2.24, 2.45) is 0 Å². The number of nitrogens with one attached hydrogen (secondary N) is 1. The predicted octanol–water partition coefficient (Wildman–Crippen LogP) is 5.64. The van der Waals surface area contributed by atoms with Crippen LogP contribution < -0.4 is 10.2 Å². The van der Waals surface area contributed by atoms with Gasteiger partial charge in [-0.05, 0) is 68.3 Å². The van der Waals surface area contributed by atoms with Crippen molar-refractivity contribution in [2.45, 2.75) is 39.8 Å². The van der Waals surface area contributed by atoms with E-state index in [0.29, 0.717) is 29.1 Å². The van der Waals surface area contributed by atoms with Crippen molar-refractivity contribution in [3.63, 3.8) is 0 Å². The highest BCUT2D eigenvalue weighted by Gasteiger charge is 2.30. The van der Waals surface area contributed by atoms with Gasteiger partial charge in [-0.25, -0.2) is 15.0 Å². The molecule has 5 rings (SSSR count). The molecule has 0 unspecified atom stereocenters. The van der Waals surface area contributed by atoms with Gasteiger partial charge in [-0.2, -0.15) is 13.2 Å². The zero-order chi connectivity index (χ0) is 27.6. The number of anilines is 2. The molecule has 39 heavy (non-hydrogen) atoms. The van der Waals surface area contributed by atoms with Gasteiger partial charge >= 0.3 is 6.18 Å². The third-order valence-electron chi connectivity index (χ3n) is 7.52. The molecule has 1 N–H and O–H groups in total. The van der Waals surface area contributed by atoms with E-state index in [2.05, 4.69) is 57.1 Å². The molecule has 0 radical (unpaired) electrons. The number of aryl methyl sites for hydroxylation is 2. The van der Waals surface area contributed by atoms with Crippen LogP contribution in [0.25, 0.3) is 16.9 Å². The lowest BCUT2D eigenvalue weighted by Crippen LogP contribution is -2.47. The maximum absolute atomic E-state index is 13.0. The molecule has 0 amide bonds. The highest BCUT2D eigenvalue weighted by molar-refractivity contribution is 5.84. The number of imidazole rings is 1. The molecule has 1 fully saturated rings. The van der Waals surface area contributed by atoms with Gasteiger partial charge in [-0.15, -0.1) is 0 Å². The Bertz CT molecular complexity index is 1420. The SMILES string of the molecule is CCc1nc2c(NCCCN3CCN(c4cccc(C)c4C)CC3)ncnc2n1-c1ccc(C(F)(F)F)cc1. The van der Waals surface area contributed by atoms with Gasteiger partial charge in [0.25, 0.3) is 0 Å². The first-order valence-electron chi connectivity index (χ1n) is 13.4. The van der Waals surface area contributed by atoms with E-state index in [1.165, 1.54) is 35.3 Å². The fourth-order valence-corrected chi connectivity index (χ4v) is 5.17. The van der Waals surface area contributed by atoms with Gasteiger partial charge in [0.2, 0.25) is 0 Å². The highest BCUT2D eigenvalue weighted by Crippen LogP contribution is 2.31. The van der Waals surface area contributed by atoms with Gasteiger partial charge in [0, 0.05) is 50.5 Å². The van der Waals surface area contributed by atoms with E-state index < -0.39 is 11.7 Å². The number of rotatable bonds is 8. The first kappa shape index (κ1) is 26.9. The number of hydrogen-bond donors (Lipinski definition) is 1. The molecule has 2 aromatic heterocycles. The second-order valence-electron chi connectivity index (χ2n) is 9.98. The molecule has 10 heteroatoms. The molecule has 0 spiro atoms. The van der Waals surface area contributed by atoms with Crippen molar-refractivity contribution in [1.82, 2.24) is 24.4 Å². The second-order valence-corrected chi connectivity index (χ2v) is 9.98. The summed E-state index contributed by atoms with van der Waals surface area (Å²) < 4.78 is 40.9. The third kappa shape index (κ3) is 5.71. The van der Waals surface area contributed by atoms with Gasteiger partial charge in [-0.3, -0.25) is 9.47 Å². The van der Waals surface area contributed by atoms with Crippen molar-refractivity contribution in [1.29, 1.82) is 0 Å². The van der Waals surface area contributed by atoms with Gasteiger partial charge in [0.1, 0.15) is 12.2 Å². The Balaban J connectivity index is 1.20. The number of nitrogens with zero attached hydrogens (tertiary/aromatic N) is 6. The molecule has 1 aliphatic rings. The molecule has 0 atom stereocenters. The van der Waals surface area contributed by atoms with Crippen molar-refractivity contribution >= 4 is 22.7 Å². The minimum atomic E-state index is -4.38. The number of benzene rings is 2. The first-order valence-corrected chi connectivity index (χ1v) is 13.4. The number of piperazine rings is 1. The van der Waals surface area contributed by atoms with Crippen LogP contribution in [0, 0.1) is 13.8 Å². The van der Waals surface area contributed by atoms with Crippen molar-refractivity contribution in [2.75, 3.05) is 49.5 Å². The summed E-state index contributed by atoms with van der Waals surface area (Å²) in [6, 6.07) is 11.6. The van der Waals surface area contributed by atoms with Crippen molar-refractivity contribution in [3.05, 3.63) is 71.3 Å². The lowest BCUT2D eigenvalue weighted by atomic mass is 10.1. The average molecular weight is 538 g/mol. The summed E-state index contributed by atoms with van der Waals surface area (Å²) in [6.45, 7) is 12.1. The number of halogens is 3. The second kappa shape index (κ2) is 11.2. The van der Waals surface area contributed by atoms with Crippen LogP contribution >= 0.6 is 0 Å². The topological polar surface area (TPSA) is 62.1 Å². The summed E-state index contributed by atoms with van der Waals surface area (Å²) in [4.78, 5) is 18.5. The fraction of sp³-hybridized carbons (Fsp3) is 0.414. The zero-order valence-electron chi connectivity index (χ0n) is 22.6. The Kier molecular flexibility index (Phi) is 7.74. The molecular formula is C29H34F3N7. The van der Waals surface area contributed by atoms with E-state index >= 15 is 0 Å². The molecule has 1 saturated heterocycles. The van der Waals surface area contributed by atoms with E-state index in [0.717, 1.165) is 63.6 Å². The molecule has 7 nitrogen and oxygen atoms in total. The summed E-state index contributed by atoms with van der Waals surface area (Å²) in [5.74, 6) is 1.36. The quantitative estimate of drug-likeness (QED) is 0.294. The van der Waals surface area contributed by atoms with Crippen molar-refractivity contribution < 1.29 is 13.2 Å². The van der Waals surface area contributed by atoms with Crippen LogP contribution in [0.1, 0.15) is 35.9 Å². The number of hydrogen-bond acceptors (Lipinski definition) is 6. The summed E-state index contributed by atoms with van der Waals surface area (Å²) in [6.07, 6.45) is -1.35. The summed E-state index contributed by atoms with van der Waals surface area (Å²) in [5.41, 5.74) is 5.13. The Hall–Kier alpha value is -3.66. The molecule has 3 heterocycles. The maximum atomic E-state index is 13.0. The molecule has 206 valence electrons. The van der Waals surface area contributed by atoms with E-state index in [9.17, 15) is 13.2 Å². The molecule has 2 aromatic carbocycles. The predicted molar refractivity (Wildman–Crippen MR) is 149 cm³/mol. The van der Waals surface area contributed by atoms with E-state index in [1.807, 2.05) is 6.92 Å². The third-order valence-corrected chi connectivity index (χ3v) is 7.52. The summed E-state index contributed by atoms with van der Waals surface area (Å²) >= 11 is 0. The largest absolute Gasteiger partial charge is 0.416 e. The minimum absolute atomic E-state index is 0.576. The molecule has 0 saturated carbocycles. The Morgan fingerprint density at radius 2 is 1.69 bits per heavy atom. The fourth-order valence-electron chi connectivity index (χ4n) is 5.17. The van der Waals surface area contributed by atoms with Crippen LogP contribution in [0.3, 0.4) is 0 Å². The smallest absolute Gasteiger partial charge is 0.369 e. The van der Waals surface area contributed by atoms with Gasteiger partial charge < -0.3 is 10.2 Å². The Morgan fingerprint density at radius 1 is 0.949 bits per heavy atom. The van der Waals surface area contributed by atoms with Crippen LogP contribution in [0.2, 0.25) is 0 Å². The van der Waals surface area contributed by atoms with E-state index in [4.69, 9.17) is 4.98 Å². The lowest BCUT2D eigenvalue weighted by Gasteiger charge is -2.37. The maximum Gasteiger partial charge on any atom is 0.416 e. The number of aromatic nitrogens is 4. The summed E-state index contributed by atoms with van der Waals surface area (Å²) in [5, 5.41) is 3.41. The van der Waals surface area contributed by atoms with E-state index in [1.54, 1.807) is 4.57 Å². The number of fused-ring (bicyclic) bond motifs is 1. The Labute approximate surface area is 226 Å². The summed E-state index contributed by atoms with van der Waals surface area (Å²) in [7, 11) is 0. The highest BCUT2D eigenvalue weighted by atomic mass is 19.4. The van der Waals surface area contributed by atoms with Gasteiger partial charge in [0.15, 0.2) is 17.0 Å². The monoisotopic (exact) mass is 537 g/mol. The first-order chi connectivity index (χ1) is 18.8. The Morgan fingerprint density at radius 3 is 2.38 bits per heavy atom.